The van der Waals surface area contributed by atoms with Crippen molar-refractivity contribution < 1.29 is 9.53 Å². The summed E-state index contributed by atoms with van der Waals surface area (Å²) in [6, 6.07) is 0. The molecule has 1 aromatic rings. The van der Waals surface area contributed by atoms with Crippen molar-refractivity contribution in [3.63, 3.8) is 0 Å². The summed E-state index contributed by atoms with van der Waals surface area (Å²) in [5.74, 6) is 1.50. The van der Waals surface area contributed by atoms with Gasteiger partial charge < -0.3 is 15.0 Å². The van der Waals surface area contributed by atoms with Crippen LogP contribution in [0.2, 0.25) is 0 Å². The van der Waals surface area contributed by atoms with Gasteiger partial charge in [-0.25, -0.2) is 0 Å². The molecule has 1 saturated heterocycles. The number of aromatic nitrogens is 3. The Kier molecular flexibility index (Phi) is 3.74. The Morgan fingerprint density at radius 1 is 1.42 bits per heavy atom. The molecule has 0 spiro atoms. The van der Waals surface area contributed by atoms with Crippen molar-refractivity contribution in [2.45, 2.75) is 49.4 Å². The van der Waals surface area contributed by atoms with Gasteiger partial charge in [-0.05, 0) is 25.7 Å². The molecule has 0 bridgehead atoms. The number of carbonyl (C=O) groups excluding carboxylic acids is 1. The van der Waals surface area contributed by atoms with Gasteiger partial charge >= 0.3 is 0 Å². The lowest BCUT2D eigenvalue weighted by Gasteiger charge is -2.14. The second kappa shape index (κ2) is 5.50. The number of nitrogens with two attached hydrogens (primary N) is 1. The highest BCUT2D eigenvalue weighted by Crippen LogP contribution is 2.40. The number of ether oxygens (including phenoxy) is 1. The minimum Gasteiger partial charge on any atom is -0.376 e. The maximum Gasteiger partial charge on any atom is 0.227 e. The lowest BCUT2D eigenvalue weighted by atomic mass is 10.2. The van der Waals surface area contributed by atoms with E-state index in [0.717, 1.165) is 37.0 Å². The zero-order chi connectivity index (χ0) is 13.2. The summed E-state index contributed by atoms with van der Waals surface area (Å²) < 4.78 is 7.81. The molecule has 1 aromatic heterocycles. The molecule has 2 aliphatic rings. The van der Waals surface area contributed by atoms with E-state index in [1.165, 1.54) is 24.6 Å². The number of amides is 1. The Labute approximate surface area is 116 Å². The molecular formula is C12H18N4O2S. The molecule has 104 valence electrons. The number of rotatable bonds is 6. The van der Waals surface area contributed by atoms with Crippen molar-refractivity contribution in [1.29, 1.82) is 0 Å². The monoisotopic (exact) mass is 282 g/mol. The van der Waals surface area contributed by atoms with E-state index >= 15 is 0 Å². The minimum atomic E-state index is -0.329. The maximum absolute atomic E-state index is 10.9. The third-order valence-electron chi connectivity index (χ3n) is 3.44. The first-order chi connectivity index (χ1) is 9.24. The van der Waals surface area contributed by atoms with Gasteiger partial charge in [0.25, 0.3) is 0 Å². The summed E-state index contributed by atoms with van der Waals surface area (Å²) >= 11 is 1.36. The first-order valence-corrected chi connectivity index (χ1v) is 7.68. The van der Waals surface area contributed by atoms with Crippen LogP contribution in [0.15, 0.2) is 5.16 Å². The molecule has 1 aliphatic carbocycles. The zero-order valence-corrected chi connectivity index (χ0v) is 11.6. The van der Waals surface area contributed by atoms with Crippen molar-refractivity contribution in [1.82, 2.24) is 14.8 Å². The van der Waals surface area contributed by atoms with Crippen LogP contribution < -0.4 is 5.73 Å². The largest absolute Gasteiger partial charge is 0.376 e. The smallest absolute Gasteiger partial charge is 0.227 e. The van der Waals surface area contributed by atoms with Crippen molar-refractivity contribution >= 4 is 17.7 Å². The predicted octanol–water partition coefficient (Wildman–Crippen LogP) is 0.912. The lowest BCUT2D eigenvalue weighted by molar-refractivity contribution is -0.115. The average Bonchev–Trinajstić information content (AvgIpc) is 2.95. The quantitative estimate of drug-likeness (QED) is 0.784. The van der Waals surface area contributed by atoms with E-state index < -0.39 is 0 Å². The summed E-state index contributed by atoms with van der Waals surface area (Å²) in [6.45, 7) is 1.63. The summed E-state index contributed by atoms with van der Waals surface area (Å²) in [7, 11) is 0. The molecule has 1 saturated carbocycles. The van der Waals surface area contributed by atoms with Gasteiger partial charge in [-0.2, -0.15) is 0 Å². The Bertz CT molecular complexity index is 466. The van der Waals surface area contributed by atoms with Crippen LogP contribution >= 0.6 is 11.8 Å². The number of hydrogen-bond donors (Lipinski definition) is 1. The van der Waals surface area contributed by atoms with E-state index in [0.29, 0.717) is 5.92 Å². The second-order valence-electron chi connectivity index (χ2n) is 5.12. The van der Waals surface area contributed by atoms with E-state index in [1.807, 2.05) is 0 Å². The molecule has 6 nitrogen and oxygen atoms in total. The van der Waals surface area contributed by atoms with Gasteiger partial charge in [-0.3, -0.25) is 4.79 Å². The van der Waals surface area contributed by atoms with E-state index in [1.54, 1.807) is 0 Å². The van der Waals surface area contributed by atoms with Gasteiger partial charge in [-0.15, -0.1) is 10.2 Å². The highest BCUT2D eigenvalue weighted by Gasteiger charge is 2.31. The molecule has 0 aromatic carbocycles. The summed E-state index contributed by atoms with van der Waals surface area (Å²) in [6.07, 6.45) is 4.83. The van der Waals surface area contributed by atoms with Gasteiger partial charge in [0.15, 0.2) is 5.16 Å². The molecule has 1 atom stereocenters. The van der Waals surface area contributed by atoms with Gasteiger partial charge in [-0.1, -0.05) is 11.8 Å². The van der Waals surface area contributed by atoms with Crippen LogP contribution in [-0.2, 0) is 16.1 Å². The normalized spacial score (nSPS) is 22.8. The van der Waals surface area contributed by atoms with Crippen LogP contribution in [0.5, 0.6) is 0 Å². The molecule has 0 unspecified atom stereocenters. The van der Waals surface area contributed by atoms with E-state index in [9.17, 15) is 4.79 Å². The van der Waals surface area contributed by atoms with Crippen LogP contribution in [0, 0.1) is 0 Å². The SMILES string of the molecule is NC(=O)CSc1nnc(C2CC2)n1C[C@H]1CCCO1. The van der Waals surface area contributed by atoms with E-state index in [-0.39, 0.29) is 17.8 Å². The molecule has 19 heavy (non-hydrogen) atoms. The molecule has 2 N–H and O–H groups in total. The molecule has 7 heteroatoms. The minimum absolute atomic E-state index is 0.244. The van der Waals surface area contributed by atoms with Crippen molar-refractivity contribution in [2.24, 2.45) is 5.73 Å². The first-order valence-electron chi connectivity index (χ1n) is 6.70. The topological polar surface area (TPSA) is 83.0 Å². The molecule has 0 radical (unpaired) electrons. The average molecular weight is 282 g/mol. The van der Waals surface area contributed by atoms with E-state index in [4.69, 9.17) is 10.5 Å². The summed E-state index contributed by atoms with van der Waals surface area (Å²) in [4.78, 5) is 10.9. The molecule has 2 fully saturated rings. The molecule has 2 heterocycles. The fraction of sp³-hybridized carbons (Fsp3) is 0.750. The molecule has 1 amide bonds. The Balaban J connectivity index is 1.75. The predicted molar refractivity (Wildman–Crippen MR) is 70.9 cm³/mol. The molecular weight excluding hydrogens is 264 g/mol. The first kappa shape index (κ1) is 12.9. The fourth-order valence-corrected chi connectivity index (χ4v) is 3.04. The lowest BCUT2D eigenvalue weighted by Crippen LogP contribution is -2.18. The molecule has 1 aliphatic heterocycles. The van der Waals surface area contributed by atoms with Gasteiger partial charge in [0.1, 0.15) is 5.82 Å². The number of thioether (sulfide) groups is 1. The van der Waals surface area contributed by atoms with Gasteiger partial charge in [0.05, 0.1) is 18.4 Å². The second-order valence-corrected chi connectivity index (χ2v) is 6.06. The Hall–Kier alpha value is -1.08. The Morgan fingerprint density at radius 3 is 2.89 bits per heavy atom. The van der Waals surface area contributed by atoms with Crippen molar-refractivity contribution in [3.05, 3.63) is 5.82 Å². The zero-order valence-electron chi connectivity index (χ0n) is 10.7. The van der Waals surface area contributed by atoms with Crippen LogP contribution in [0.1, 0.15) is 37.4 Å². The highest BCUT2D eigenvalue weighted by atomic mass is 32.2. The standard InChI is InChI=1S/C12H18N4O2S/c13-10(17)7-19-12-15-14-11(8-3-4-8)16(12)6-9-2-1-5-18-9/h8-9H,1-7H2,(H2,13,17)/t9-/m1/s1. The summed E-state index contributed by atoms with van der Waals surface area (Å²) in [5.41, 5.74) is 5.19. The third kappa shape index (κ3) is 3.09. The van der Waals surface area contributed by atoms with Gasteiger partial charge in [0, 0.05) is 12.5 Å². The van der Waals surface area contributed by atoms with E-state index in [2.05, 4.69) is 14.8 Å². The third-order valence-corrected chi connectivity index (χ3v) is 4.43. The van der Waals surface area contributed by atoms with Crippen molar-refractivity contribution in [3.8, 4) is 0 Å². The van der Waals surface area contributed by atoms with Crippen LogP contribution in [0.25, 0.3) is 0 Å². The number of primary amides is 1. The van der Waals surface area contributed by atoms with Crippen molar-refractivity contribution in [2.75, 3.05) is 12.4 Å². The summed E-state index contributed by atoms with van der Waals surface area (Å²) in [5, 5.41) is 9.27. The maximum atomic E-state index is 10.9. The van der Waals surface area contributed by atoms with Crippen LogP contribution in [0.3, 0.4) is 0 Å². The molecule has 3 rings (SSSR count). The van der Waals surface area contributed by atoms with Gasteiger partial charge in [0.2, 0.25) is 5.91 Å². The van der Waals surface area contributed by atoms with Crippen LogP contribution in [-0.4, -0.2) is 39.1 Å². The number of nitrogens with zero attached hydrogens (tertiary/aromatic N) is 3. The number of hydrogen-bond acceptors (Lipinski definition) is 5. The fourth-order valence-electron chi connectivity index (χ4n) is 2.35. The highest BCUT2D eigenvalue weighted by molar-refractivity contribution is 7.99. The Morgan fingerprint density at radius 2 is 2.26 bits per heavy atom. The van der Waals surface area contributed by atoms with Crippen LogP contribution in [0.4, 0.5) is 0 Å². The number of carbonyl (C=O) groups is 1.